The number of nitrogens with one attached hydrogen (secondary N) is 2. The predicted molar refractivity (Wildman–Crippen MR) is 129 cm³/mol. The number of rotatable bonds is 14. The number of ether oxygens (including phenoxy) is 3. The SMILES string of the molecule is CCCCNC(=O)CC[C@H]1O[C@H](OC2O[C@H](CCC(=O)NCCCC)[C@@H](O)[C@H](O)[C@H]2O)[C@H](O)[C@H](O)[C@@H]1O. The van der Waals surface area contributed by atoms with E-state index in [0.717, 1.165) is 25.7 Å². The Kier molecular flexibility index (Phi) is 13.6. The van der Waals surface area contributed by atoms with Gasteiger partial charge in [0.25, 0.3) is 0 Å². The van der Waals surface area contributed by atoms with Crippen LogP contribution in [0, 0.1) is 0 Å². The zero-order chi connectivity index (χ0) is 27.5. The molecule has 216 valence electrons. The second kappa shape index (κ2) is 15.9. The van der Waals surface area contributed by atoms with E-state index in [1.165, 1.54) is 0 Å². The first-order valence-electron chi connectivity index (χ1n) is 13.2. The molecule has 0 aromatic heterocycles. The van der Waals surface area contributed by atoms with Gasteiger partial charge in [0, 0.05) is 25.9 Å². The van der Waals surface area contributed by atoms with Gasteiger partial charge in [-0.15, -0.1) is 0 Å². The van der Waals surface area contributed by atoms with Crippen molar-refractivity contribution >= 4 is 11.8 Å². The van der Waals surface area contributed by atoms with E-state index in [1.54, 1.807) is 0 Å². The molecule has 8 N–H and O–H groups in total. The first kappa shape index (κ1) is 31.8. The molecular formula is C24H44N2O11. The fraction of sp³-hybridized carbons (Fsp3) is 0.917. The molecule has 0 aromatic carbocycles. The lowest BCUT2D eigenvalue weighted by molar-refractivity contribution is -0.374. The summed E-state index contributed by atoms with van der Waals surface area (Å²) in [6, 6.07) is 0. The number of carbonyl (C=O) groups excluding carboxylic acids is 2. The van der Waals surface area contributed by atoms with Crippen LogP contribution < -0.4 is 10.6 Å². The fourth-order valence-electron chi connectivity index (χ4n) is 4.20. The molecule has 0 radical (unpaired) electrons. The van der Waals surface area contributed by atoms with Crippen molar-refractivity contribution in [2.45, 2.75) is 127 Å². The first-order valence-corrected chi connectivity index (χ1v) is 13.2. The Morgan fingerprint density at radius 2 is 1.03 bits per heavy atom. The predicted octanol–water partition coefficient (Wildman–Crippen LogP) is -1.99. The standard InChI is InChI=1S/C24H44N2O11/c1-3-5-11-25-15(27)9-7-13-17(29)19(31)21(33)23(35-13)37-24-22(34)20(32)18(30)14(36-24)8-10-16(28)26-12-6-4-2/h13-14,17-24,29-34H,3-12H2,1-2H3,(H,25,27)(H,26,28)/t13-,14-,17-,18-,19-,20+,21-,22-,23-,24?/m1/s1. The van der Waals surface area contributed by atoms with Crippen molar-refractivity contribution in [2.75, 3.05) is 13.1 Å². The molecule has 0 aliphatic carbocycles. The van der Waals surface area contributed by atoms with Gasteiger partial charge in [-0.05, 0) is 25.7 Å². The van der Waals surface area contributed by atoms with Gasteiger partial charge in [-0.2, -0.15) is 0 Å². The molecule has 10 atom stereocenters. The Morgan fingerprint density at radius 3 is 1.38 bits per heavy atom. The molecule has 37 heavy (non-hydrogen) atoms. The van der Waals surface area contributed by atoms with Crippen molar-refractivity contribution < 1.29 is 54.4 Å². The smallest absolute Gasteiger partial charge is 0.220 e. The Balaban J connectivity index is 1.96. The highest BCUT2D eigenvalue weighted by Crippen LogP contribution is 2.30. The average molecular weight is 537 g/mol. The van der Waals surface area contributed by atoms with E-state index in [1.807, 2.05) is 13.8 Å². The van der Waals surface area contributed by atoms with Crippen molar-refractivity contribution in [3.63, 3.8) is 0 Å². The van der Waals surface area contributed by atoms with Crippen molar-refractivity contribution in [1.82, 2.24) is 10.6 Å². The van der Waals surface area contributed by atoms with Gasteiger partial charge in [0.15, 0.2) is 12.6 Å². The third kappa shape index (κ3) is 9.37. The fourth-order valence-corrected chi connectivity index (χ4v) is 4.20. The maximum atomic E-state index is 12.0. The van der Waals surface area contributed by atoms with Gasteiger partial charge in [0.2, 0.25) is 11.8 Å². The second-order valence-electron chi connectivity index (χ2n) is 9.65. The Labute approximate surface area is 217 Å². The normalized spacial score (nSPS) is 36.2. The van der Waals surface area contributed by atoms with Crippen LogP contribution >= 0.6 is 0 Å². The average Bonchev–Trinajstić information content (AvgIpc) is 2.88. The highest BCUT2D eigenvalue weighted by molar-refractivity contribution is 5.76. The third-order valence-electron chi connectivity index (χ3n) is 6.62. The highest BCUT2D eigenvalue weighted by atomic mass is 16.8. The van der Waals surface area contributed by atoms with Gasteiger partial charge in [-0.25, -0.2) is 0 Å². The van der Waals surface area contributed by atoms with Gasteiger partial charge < -0.3 is 55.5 Å². The molecule has 2 aliphatic rings. The van der Waals surface area contributed by atoms with E-state index < -0.39 is 61.4 Å². The molecule has 2 heterocycles. The van der Waals surface area contributed by atoms with Crippen molar-refractivity contribution in [1.29, 1.82) is 0 Å². The molecule has 2 fully saturated rings. The molecule has 13 nitrogen and oxygen atoms in total. The van der Waals surface area contributed by atoms with E-state index in [-0.39, 0.29) is 37.5 Å². The summed E-state index contributed by atoms with van der Waals surface area (Å²) in [7, 11) is 0. The molecule has 0 aromatic rings. The zero-order valence-electron chi connectivity index (χ0n) is 21.6. The zero-order valence-corrected chi connectivity index (χ0v) is 21.6. The minimum absolute atomic E-state index is 0.00314. The molecule has 0 bridgehead atoms. The number of unbranched alkanes of at least 4 members (excludes halogenated alkanes) is 2. The Hall–Kier alpha value is -1.42. The molecule has 2 aliphatic heterocycles. The van der Waals surface area contributed by atoms with Gasteiger partial charge in [-0.1, -0.05) is 26.7 Å². The maximum Gasteiger partial charge on any atom is 0.220 e. The van der Waals surface area contributed by atoms with E-state index in [9.17, 15) is 40.2 Å². The number of aliphatic hydroxyl groups excluding tert-OH is 6. The third-order valence-corrected chi connectivity index (χ3v) is 6.62. The summed E-state index contributed by atoms with van der Waals surface area (Å²) in [6.07, 6.45) is -11.6. The minimum atomic E-state index is -1.73. The van der Waals surface area contributed by atoms with Crippen LogP contribution in [0.15, 0.2) is 0 Å². The molecule has 13 heteroatoms. The number of aliphatic hydroxyl groups is 6. The maximum absolute atomic E-state index is 12.0. The van der Waals surface area contributed by atoms with Crippen LogP contribution in [-0.2, 0) is 23.8 Å². The van der Waals surface area contributed by atoms with Crippen molar-refractivity contribution in [3.8, 4) is 0 Å². The number of carbonyl (C=O) groups is 2. The molecule has 1 unspecified atom stereocenters. The molecule has 2 amide bonds. The van der Waals surface area contributed by atoms with E-state index >= 15 is 0 Å². The van der Waals surface area contributed by atoms with Crippen LogP contribution in [0.3, 0.4) is 0 Å². The summed E-state index contributed by atoms with van der Waals surface area (Å²) in [5.74, 6) is -0.515. The Bertz CT molecular complexity index is 644. The molecular weight excluding hydrogens is 492 g/mol. The van der Waals surface area contributed by atoms with E-state index in [4.69, 9.17) is 14.2 Å². The quantitative estimate of drug-likeness (QED) is 0.114. The highest BCUT2D eigenvalue weighted by Gasteiger charge is 2.49. The number of hydrogen-bond donors (Lipinski definition) is 8. The van der Waals surface area contributed by atoms with Crippen molar-refractivity contribution in [2.24, 2.45) is 0 Å². The second-order valence-corrected chi connectivity index (χ2v) is 9.65. The lowest BCUT2D eigenvalue weighted by Crippen LogP contribution is -2.63. The summed E-state index contributed by atoms with van der Waals surface area (Å²) in [6.45, 7) is 5.02. The molecule has 0 spiro atoms. The van der Waals surface area contributed by atoms with Crippen LogP contribution in [-0.4, -0.2) is 117 Å². The van der Waals surface area contributed by atoms with Crippen LogP contribution in [0.4, 0.5) is 0 Å². The van der Waals surface area contributed by atoms with E-state index in [2.05, 4.69) is 10.6 Å². The van der Waals surface area contributed by atoms with Gasteiger partial charge >= 0.3 is 0 Å². The molecule has 0 saturated carbocycles. The topological polar surface area (TPSA) is 207 Å². The summed E-state index contributed by atoms with van der Waals surface area (Å²) in [4.78, 5) is 24.0. The lowest BCUT2D eigenvalue weighted by Gasteiger charge is -2.45. The summed E-state index contributed by atoms with van der Waals surface area (Å²) in [5.41, 5.74) is 0. The molecule has 2 saturated heterocycles. The lowest BCUT2D eigenvalue weighted by atomic mass is 9.94. The minimum Gasteiger partial charge on any atom is -0.388 e. The van der Waals surface area contributed by atoms with Crippen molar-refractivity contribution in [3.05, 3.63) is 0 Å². The van der Waals surface area contributed by atoms with Crippen LogP contribution in [0.2, 0.25) is 0 Å². The summed E-state index contributed by atoms with van der Waals surface area (Å²) in [5, 5.41) is 67.5. The van der Waals surface area contributed by atoms with Gasteiger partial charge in [-0.3, -0.25) is 9.59 Å². The van der Waals surface area contributed by atoms with Crippen LogP contribution in [0.5, 0.6) is 0 Å². The van der Waals surface area contributed by atoms with Gasteiger partial charge in [0.05, 0.1) is 12.2 Å². The Morgan fingerprint density at radius 1 is 0.649 bits per heavy atom. The summed E-state index contributed by atoms with van der Waals surface area (Å²) < 4.78 is 16.7. The number of amides is 2. The van der Waals surface area contributed by atoms with E-state index in [0.29, 0.717) is 13.1 Å². The van der Waals surface area contributed by atoms with Gasteiger partial charge in [0.1, 0.15) is 36.6 Å². The van der Waals surface area contributed by atoms with Crippen LogP contribution in [0.25, 0.3) is 0 Å². The molecule has 2 rings (SSSR count). The number of hydrogen-bond acceptors (Lipinski definition) is 11. The summed E-state index contributed by atoms with van der Waals surface area (Å²) >= 11 is 0. The monoisotopic (exact) mass is 536 g/mol. The first-order chi connectivity index (χ1) is 17.6. The van der Waals surface area contributed by atoms with Crippen LogP contribution in [0.1, 0.15) is 65.2 Å². The largest absolute Gasteiger partial charge is 0.388 e.